The molecule has 0 aromatic carbocycles. The van der Waals surface area contributed by atoms with Crippen LogP contribution in [0.15, 0.2) is 0 Å². The lowest BCUT2D eigenvalue weighted by Crippen LogP contribution is -2.45. The lowest BCUT2D eigenvalue weighted by Gasteiger charge is -2.28. The van der Waals surface area contributed by atoms with Gasteiger partial charge in [0.2, 0.25) is 0 Å². The molecule has 0 unspecified atom stereocenters. The van der Waals surface area contributed by atoms with Gasteiger partial charge in [0.15, 0.2) is 12.1 Å². The van der Waals surface area contributed by atoms with Crippen molar-refractivity contribution in [2.45, 2.75) is 57.6 Å². The highest BCUT2D eigenvalue weighted by molar-refractivity contribution is 5.00. The Hall–Kier alpha value is -0.160. The molecule has 2 aliphatic heterocycles. The first-order valence-corrected chi connectivity index (χ1v) is 4.56. The molecule has 2 rings (SSSR count). The molecule has 0 aromatic rings. The minimum absolute atomic E-state index is 0.251. The molecule has 1 N–H and O–H groups in total. The average Bonchev–Trinajstić information content (AvgIpc) is 2.33. The van der Waals surface area contributed by atoms with Gasteiger partial charge in [0, 0.05) is 0 Å². The zero-order valence-corrected chi connectivity index (χ0v) is 8.40. The van der Waals surface area contributed by atoms with Crippen LogP contribution in [-0.2, 0) is 14.2 Å². The Bertz CT molecular complexity index is 224. The van der Waals surface area contributed by atoms with Gasteiger partial charge in [0.25, 0.3) is 0 Å². The number of fused-ring (bicyclic) bond motifs is 1. The maximum atomic E-state index is 10.0. The van der Waals surface area contributed by atoms with E-state index in [-0.39, 0.29) is 12.2 Å². The van der Waals surface area contributed by atoms with Crippen LogP contribution >= 0.6 is 0 Å². The van der Waals surface area contributed by atoms with E-state index in [1.165, 1.54) is 0 Å². The van der Waals surface area contributed by atoms with Gasteiger partial charge in [-0.1, -0.05) is 0 Å². The van der Waals surface area contributed by atoms with Gasteiger partial charge in [-0.3, -0.25) is 0 Å². The van der Waals surface area contributed by atoms with E-state index in [9.17, 15) is 5.11 Å². The molecule has 2 aliphatic rings. The lowest BCUT2D eigenvalue weighted by molar-refractivity contribution is -0.224. The van der Waals surface area contributed by atoms with Crippen molar-refractivity contribution in [3.05, 3.63) is 0 Å². The molecule has 4 heteroatoms. The largest absolute Gasteiger partial charge is 0.385 e. The van der Waals surface area contributed by atoms with Crippen LogP contribution in [0.3, 0.4) is 0 Å². The minimum Gasteiger partial charge on any atom is -0.385 e. The fourth-order valence-corrected chi connectivity index (χ4v) is 1.79. The second kappa shape index (κ2) is 2.45. The monoisotopic (exact) mass is 188 g/mol. The molecule has 0 spiro atoms. The summed E-state index contributed by atoms with van der Waals surface area (Å²) in [6, 6.07) is 0. The van der Waals surface area contributed by atoms with E-state index in [0.717, 1.165) is 0 Å². The second-order valence-corrected chi connectivity index (χ2v) is 4.43. The van der Waals surface area contributed by atoms with Crippen molar-refractivity contribution < 1.29 is 19.3 Å². The number of rotatable bonds is 0. The van der Waals surface area contributed by atoms with Gasteiger partial charge in [-0.15, -0.1) is 0 Å². The van der Waals surface area contributed by atoms with Gasteiger partial charge in [-0.2, -0.15) is 0 Å². The van der Waals surface area contributed by atoms with Gasteiger partial charge in [0.1, 0.15) is 11.7 Å². The van der Waals surface area contributed by atoms with Gasteiger partial charge in [-0.25, -0.2) is 0 Å². The van der Waals surface area contributed by atoms with Crippen LogP contribution in [0, 0.1) is 0 Å². The maximum absolute atomic E-state index is 10.0. The van der Waals surface area contributed by atoms with Crippen molar-refractivity contribution in [2.75, 3.05) is 0 Å². The normalized spacial score (nSPS) is 53.8. The van der Waals surface area contributed by atoms with Crippen molar-refractivity contribution in [1.29, 1.82) is 0 Å². The molecule has 13 heavy (non-hydrogen) atoms. The molecule has 76 valence electrons. The third kappa shape index (κ3) is 1.29. The first kappa shape index (κ1) is 9.40. The highest BCUT2D eigenvalue weighted by atomic mass is 16.8. The molecule has 4 nitrogen and oxygen atoms in total. The first-order valence-electron chi connectivity index (χ1n) is 4.56. The quantitative estimate of drug-likeness (QED) is 0.606. The number of hydrogen-bond donors (Lipinski definition) is 1. The topological polar surface area (TPSA) is 47.9 Å². The maximum Gasteiger partial charge on any atom is 0.190 e. The van der Waals surface area contributed by atoms with Crippen molar-refractivity contribution in [3.8, 4) is 0 Å². The first-order chi connectivity index (χ1) is 5.83. The number of ether oxygens (including phenoxy) is 3. The fourth-order valence-electron chi connectivity index (χ4n) is 1.79. The zero-order chi connectivity index (χ0) is 9.85. The predicted octanol–water partition coefficient (Wildman–Crippen LogP) is 0.634. The summed E-state index contributed by atoms with van der Waals surface area (Å²) in [6.45, 7) is 7.16. The van der Waals surface area contributed by atoms with Crippen LogP contribution in [0.2, 0.25) is 0 Å². The molecule has 2 saturated heterocycles. The van der Waals surface area contributed by atoms with Gasteiger partial charge < -0.3 is 19.3 Å². The highest BCUT2D eigenvalue weighted by Gasteiger charge is 2.59. The summed E-state index contributed by atoms with van der Waals surface area (Å²) in [7, 11) is 0. The number of hydrogen-bond acceptors (Lipinski definition) is 4. The Labute approximate surface area is 77.8 Å². The van der Waals surface area contributed by atoms with Gasteiger partial charge in [-0.05, 0) is 27.7 Å². The standard InChI is InChI=1S/C9H16O4/c1-5-9(4,10)6-7(11-5)13-8(2,3)12-6/h5-7,10H,1-4H3/t5-,6+,7-,9-/m1/s1. The third-order valence-corrected chi connectivity index (χ3v) is 2.80. The molecule has 0 aromatic heterocycles. The molecule has 4 atom stereocenters. The Morgan fingerprint density at radius 3 is 2.31 bits per heavy atom. The molecule has 0 bridgehead atoms. The predicted molar refractivity (Wildman–Crippen MR) is 45.0 cm³/mol. The van der Waals surface area contributed by atoms with E-state index >= 15 is 0 Å². The third-order valence-electron chi connectivity index (χ3n) is 2.80. The highest BCUT2D eigenvalue weighted by Crippen LogP contribution is 2.42. The molecule has 0 saturated carbocycles. The van der Waals surface area contributed by atoms with Crippen molar-refractivity contribution >= 4 is 0 Å². The van der Waals surface area contributed by atoms with E-state index in [2.05, 4.69) is 0 Å². The van der Waals surface area contributed by atoms with E-state index < -0.39 is 17.7 Å². The van der Waals surface area contributed by atoms with Crippen LogP contribution in [0.5, 0.6) is 0 Å². The summed E-state index contributed by atoms with van der Waals surface area (Å²) < 4.78 is 16.5. The molecule has 0 amide bonds. The summed E-state index contributed by atoms with van der Waals surface area (Å²) in [5.74, 6) is -0.653. The van der Waals surface area contributed by atoms with Crippen molar-refractivity contribution in [2.24, 2.45) is 0 Å². The molecule has 0 aliphatic carbocycles. The lowest BCUT2D eigenvalue weighted by atomic mass is 9.96. The summed E-state index contributed by atoms with van der Waals surface area (Å²) in [5, 5.41) is 10.0. The van der Waals surface area contributed by atoms with Gasteiger partial charge >= 0.3 is 0 Å². The van der Waals surface area contributed by atoms with E-state index in [0.29, 0.717) is 0 Å². The Kier molecular flexibility index (Phi) is 1.77. The van der Waals surface area contributed by atoms with E-state index in [4.69, 9.17) is 14.2 Å². The van der Waals surface area contributed by atoms with E-state index in [1.807, 2.05) is 20.8 Å². The van der Waals surface area contributed by atoms with Crippen LogP contribution in [0.25, 0.3) is 0 Å². The molecule has 2 heterocycles. The second-order valence-electron chi connectivity index (χ2n) is 4.43. The van der Waals surface area contributed by atoms with Crippen LogP contribution < -0.4 is 0 Å². The summed E-state index contributed by atoms with van der Waals surface area (Å²) >= 11 is 0. The average molecular weight is 188 g/mol. The van der Waals surface area contributed by atoms with Crippen LogP contribution in [0.1, 0.15) is 27.7 Å². The van der Waals surface area contributed by atoms with Crippen molar-refractivity contribution in [1.82, 2.24) is 0 Å². The molecule has 0 radical (unpaired) electrons. The Morgan fingerprint density at radius 2 is 1.77 bits per heavy atom. The Morgan fingerprint density at radius 1 is 1.15 bits per heavy atom. The summed E-state index contributed by atoms with van der Waals surface area (Å²) in [4.78, 5) is 0. The summed E-state index contributed by atoms with van der Waals surface area (Å²) in [6.07, 6.45) is -1.06. The molecule has 2 fully saturated rings. The summed E-state index contributed by atoms with van der Waals surface area (Å²) in [5.41, 5.74) is -0.960. The van der Waals surface area contributed by atoms with Gasteiger partial charge in [0.05, 0.1) is 6.10 Å². The SMILES string of the molecule is C[C@H]1O[C@@H]2OC(C)(C)O[C@@H]2[C@]1(C)O. The number of aliphatic hydroxyl groups is 1. The molecular formula is C9H16O4. The smallest absolute Gasteiger partial charge is 0.190 e. The fraction of sp³-hybridized carbons (Fsp3) is 1.00. The Balaban J connectivity index is 2.21. The zero-order valence-electron chi connectivity index (χ0n) is 8.40. The van der Waals surface area contributed by atoms with Crippen LogP contribution in [-0.4, -0.2) is 35.0 Å². The van der Waals surface area contributed by atoms with Crippen LogP contribution in [0.4, 0.5) is 0 Å². The molecular weight excluding hydrogens is 172 g/mol. The van der Waals surface area contributed by atoms with E-state index in [1.54, 1.807) is 6.92 Å². The minimum atomic E-state index is -0.960. The van der Waals surface area contributed by atoms with Crippen molar-refractivity contribution in [3.63, 3.8) is 0 Å².